The fourth-order valence-electron chi connectivity index (χ4n) is 4.71. The van der Waals surface area contributed by atoms with Crippen molar-refractivity contribution in [3.05, 3.63) is 175 Å². The molecule has 0 aliphatic carbocycles. The summed E-state index contributed by atoms with van der Waals surface area (Å²) in [5.41, 5.74) is -3.34. The molecule has 2 aromatic heterocycles. The summed E-state index contributed by atoms with van der Waals surface area (Å²) < 4.78 is 133. The van der Waals surface area contributed by atoms with Gasteiger partial charge in [-0.2, -0.15) is 0 Å². The first-order valence-electron chi connectivity index (χ1n) is 15.4. The van der Waals surface area contributed by atoms with Gasteiger partial charge in [-0.05, 0) is 35.4 Å². The number of aromatic amines is 2. The molecular formula is C38H20Br2CoF10N4NiO4. The van der Waals surface area contributed by atoms with Crippen LogP contribution in [0.25, 0.3) is 22.5 Å². The molecule has 6 rings (SSSR count). The number of ketones is 2. The van der Waals surface area contributed by atoms with Crippen LogP contribution in [0, 0.1) is 58.2 Å². The Bertz CT molecular complexity index is 2470. The van der Waals surface area contributed by atoms with Crippen LogP contribution in [0.5, 0.6) is 0 Å². The molecule has 319 valence electrons. The summed E-state index contributed by atoms with van der Waals surface area (Å²) in [6, 6.07) is 22.6. The Hall–Kier alpha value is -5.28. The van der Waals surface area contributed by atoms with Crippen molar-refractivity contribution in [2.45, 2.75) is 0 Å². The van der Waals surface area contributed by atoms with Crippen LogP contribution in [0.2, 0.25) is 0 Å². The second-order valence-corrected chi connectivity index (χ2v) is 11.0. The molecule has 0 atom stereocenters. The summed E-state index contributed by atoms with van der Waals surface area (Å²) >= 11 is 0. The molecule has 0 fully saturated rings. The number of nitrogens with one attached hydrogen (secondary N) is 2. The van der Waals surface area contributed by atoms with Gasteiger partial charge in [0.05, 0.1) is 23.6 Å². The molecule has 2 N–H and O–H groups in total. The number of nitrogens with zero attached hydrogens (tertiary/aromatic N) is 2. The monoisotopic (exact) mass is 1060 g/mol. The molecule has 60 heavy (non-hydrogen) atoms. The maximum absolute atomic E-state index is 13.6. The van der Waals surface area contributed by atoms with E-state index in [1.165, 1.54) is 12.1 Å². The zero-order valence-corrected chi connectivity index (χ0v) is 34.5. The van der Waals surface area contributed by atoms with Crippen LogP contribution in [0.4, 0.5) is 55.3 Å². The van der Waals surface area contributed by atoms with Gasteiger partial charge in [0.1, 0.15) is 11.4 Å². The molecule has 0 amide bonds. The first-order chi connectivity index (χ1) is 26.6. The van der Waals surface area contributed by atoms with E-state index in [-0.39, 0.29) is 67.2 Å². The quantitative estimate of drug-likeness (QED) is 0.0394. The number of halogens is 12. The first-order valence-corrected chi connectivity index (χ1v) is 15.4. The minimum atomic E-state index is -2.34. The Kier molecular flexibility index (Phi) is 20.1. The Morgan fingerprint density at radius 1 is 0.433 bits per heavy atom. The van der Waals surface area contributed by atoms with Gasteiger partial charge in [-0.15, -0.1) is 34.0 Å². The third-order valence-electron chi connectivity index (χ3n) is 7.51. The van der Waals surface area contributed by atoms with Crippen molar-refractivity contribution in [2.24, 2.45) is 9.98 Å². The zero-order chi connectivity index (χ0) is 40.8. The molecule has 1 radical (unpaired) electrons. The van der Waals surface area contributed by atoms with E-state index in [0.29, 0.717) is 34.9 Å². The minimum Gasteiger partial charge on any atom is -0.321 e. The number of hydrogen-bond donors (Lipinski definition) is 2. The van der Waals surface area contributed by atoms with Gasteiger partial charge in [0.25, 0.3) is 11.1 Å². The molecule has 0 spiro atoms. The molecule has 0 saturated heterocycles. The van der Waals surface area contributed by atoms with Crippen LogP contribution in [0.3, 0.4) is 0 Å². The van der Waals surface area contributed by atoms with Crippen LogP contribution >= 0.6 is 34.0 Å². The predicted octanol–water partition coefficient (Wildman–Crippen LogP) is 9.80. The van der Waals surface area contributed by atoms with Crippen LogP contribution in [-0.4, -0.2) is 34.0 Å². The van der Waals surface area contributed by atoms with E-state index >= 15 is 0 Å². The fourth-order valence-corrected chi connectivity index (χ4v) is 4.71. The normalized spacial score (nSPS) is 10.4. The van der Waals surface area contributed by atoms with E-state index in [9.17, 15) is 63.1 Å². The second-order valence-electron chi connectivity index (χ2n) is 11.0. The number of carbonyl (C=O) groups excluding carboxylic acids is 2. The van der Waals surface area contributed by atoms with Crippen LogP contribution in [0.15, 0.2) is 105 Å². The van der Waals surface area contributed by atoms with Crippen molar-refractivity contribution < 1.29 is 86.8 Å². The second kappa shape index (κ2) is 22.9. The summed E-state index contributed by atoms with van der Waals surface area (Å²) in [4.78, 5) is 59.3. The standard InChI is InChI=1S/2C19H9F5N2O2.2BrH.Co.Ni/c2*20-13-14(21)16(23)18(17(24)15(13)22)25-8-12(27)10-6-7-11(26-19(10)28)9-4-2-1-3-5-9;;;;/h2*1-8H,(H,26,28);2*1H;;. The van der Waals surface area contributed by atoms with Gasteiger partial charge in [-0.25, -0.2) is 53.9 Å². The summed E-state index contributed by atoms with van der Waals surface area (Å²) in [6.07, 6.45) is 0.621. The Morgan fingerprint density at radius 2 is 0.700 bits per heavy atom. The van der Waals surface area contributed by atoms with E-state index in [2.05, 4.69) is 20.0 Å². The number of rotatable bonds is 8. The van der Waals surface area contributed by atoms with E-state index in [0.717, 1.165) is 12.1 Å². The largest absolute Gasteiger partial charge is 0.321 e. The number of carbonyl (C=O) groups is 2. The molecule has 0 saturated carbocycles. The third-order valence-corrected chi connectivity index (χ3v) is 7.51. The average molecular weight is 1060 g/mol. The van der Waals surface area contributed by atoms with Crippen LogP contribution in [0.1, 0.15) is 20.7 Å². The minimum absolute atomic E-state index is 0. The summed E-state index contributed by atoms with van der Waals surface area (Å²) in [5, 5.41) is 0. The maximum atomic E-state index is 13.6. The fraction of sp³-hybridized carbons (Fsp3) is 0. The summed E-state index contributed by atoms with van der Waals surface area (Å²) in [5.74, 6) is -24.3. The smallest absolute Gasteiger partial charge is 0.259 e. The SMILES string of the molecule is Br.Br.O=C(C=Nc1c(F)c(F)c(F)c(F)c1F)c1ccc(-c2ccccc2)[nH]c1=O.O=C(C=Nc1c(F)c(F)c(F)c(F)c1F)c1ccc(-c2ccccc2)[nH]c1=O.[Co].[Ni]. The zero-order valence-electron chi connectivity index (χ0n) is 29.0. The van der Waals surface area contributed by atoms with E-state index < -0.39 is 103 Å². The van der Waals surface area contributed by atoms with E-state index in [4.69, 9.17) is 0 Å². The van der Waals surface area contributed by atoms with Crippen molar-refractivity contribution >= 4 is 69.3 Å². The van der Waals surface area contributed by atoms with Crippen molar-refractivity contribution in [1.29, 1.82) is 0 Å². The Morgan fingerprint density at radius 3 is 0.967 bits per heavy atom. The van der Waals surface area contributed by atoms with Gasteiger partial charge in [0, 0.05) is 44.7 Å². The van der Waals surface area contributed by atoms with Crippen molar-refractivity contribution in [3.63, 3.8) is 0 Å². The molecule has 4 aromatic carbocycles. The number of aromatic nitrogens is 2. The molecule has 22 heteroatoms. The Balaban J connectivity index is 0.000000562. The third kappa shape index (κ3) is 11.5. The first kappa shape index (κ1) is 52.7. The van der Waals surface area contributed by atoms with Crippen molar-refractivity contribution in [2.75, 3.05) is 0 Å². The van der Waals surface area contributed by atoms with Gasteiger partial charge in [-0.3, -0.25) is 19.2 Å². The van der Waals surface area contributed by atoms with E-state index in [1.807, 2.05) is 0 Å². The van der Waals surface area contributed by atoms with Gasteiger partial charge in [0.2, 0.25) is 23.2 Å². The molecule has 8 nitrogen and oxygen atoms in total. The molecule has 2 heterocycles. The number of pyridine rings is 2. The summed E-state index contributed by atoms with van der Waals surface area (Å²) in [7, 11) is 0. The van der Waals surface area contributed by atoms with Crippen LogP contribution in [-0.2, 0) is 33.3 Å². The molecule has 0 bridgehead atoms. The van der Waals surface area contributed by atoms with Gasteiger partial charge < -0.3 is 9.97 Å². The van der Waals surface area contributed by atoms with Crippen molar-refractivity contribution in [1.82, 2.24) is 9.97 Å². The van der Waals surface area contributed by atoms with Gasteiger partial charge in [0.15, 0.2) is 46.5 Å². The van der Waals surface area contributed by atoms with Crippen molar-refractivity contribution in [3.8, 4) is 22.5 Å². The summed E-state index contributed by atoms with van der Waals surface area (Å²) in [6.45, 7) is 0. The number of benzene rings is 4. The number of hydrogen-bond acceptors (Lipinski definition) is 6. The van der Waals surface area contributed by atoms with E-state index in [1.54, 1.807) is 60.7 Å². The molecule has 0 aliphatic heterocycles. The Labute approximate surface area is 371 Å². The molecule has 0 aliphatic rings. The molecule has 0 unspecified atom stereocenters. The van der Waals surface area contributed by atoms with Gasteiger partial charge >= 0.3 is 0 Å². The van der Waals surface area contributed by atoms with Crippen LogP contribution < -0.4 is 11.1 Å². The average Bonchev–Trinajstić information content (AvgIpc) is 3.21. The molecular weight excluding hydrogens is 1040 g/mol. The maximum Gasteiger partial charge on any atom is 0.259 e. The number of H-pyrrole nitrogens is 2. The number of Topliss-reactive ketones (excluding diaryl/α,β-unsaturated/α-hetero) is 2. The van der Waals surface area contributed by atoms with Gasteiger partial charge in [-0.1, -0.05) is 60.7 Å². The predicted molar refractivity (Wildman–Crippen MR) is 203 cm³/mol. The number of aliphatic imine (C=N–C) groups is 2. The topological polar surface area (TPSA) is 125 Å². The molecule has 6 aromatic rings.